The topological polar surface area (TPSA) is 59.2 Å². The van der Waals surface area contributed by atoms with Crippen molar-refractivity contribution in [3.63, 3.8) is 0 Å². The van der Waals surface area contributed by atoms with Gasteiger partial charge in [-0.15, -0.1) is 11.3 Å². The first-order chi connectivity index (χ1) is 6.70. The fraction of sp³-hybridized carbons (Fsp3) is 0.556. The predicted octanol–water partition coefficient (Wildman–Crippen LogP) is 0.547. The van der Waals surface area contributed by atoms with Crippen LogP contribution in [0.4, 0.5) is 0 Å². The molecule has 0 saturated carbocycles. The highest BCUT2D eigenvalue weighted by Gasteiger charge is 2.29. The standard InChI is InChI=1S/C9H13N3OS/c1-12-4-6(2-8(12)13)9-11-7(3-10)5-14-9/h5-6H,2-4,10H2,1H3. The molecule has 1 aromatic rings. The minimum absolute atomic E-state index is 0.208. The van der Waals surface area contributed by atoms with Gasteiger partial charge in [0.25, 0.3) is 0 Å². The normalized spacial score (nSPS) is 22.0. The summed E-state index contributed by atoms with van der Waals surface area (Å²) in [6.07, 6.45) is 0.591. The van der Waals surface area contributed by atoms with Crippen LogP contribution in [0, 0.1) is 0 Å². The Morgan fingerprint density at radius 3 is 3.07 bits per heavy atom. The third-order valence-corrected chi connectivity index (χ3v) is 3.52. The van der Waals surface area contributed by atoms with E-state index in [2.05, 4.69) is 4.98 Å². The first-order valence-corrected chi connectivity index (χ1v) is 5.47. The van der Waals surface area contributed by atoms with Crippen molar-refractivity contribution >= 4 is 17.2 Å². The molecule has 1 unspecified atom stereocenters. The van der Waals surface area contributed by atoms with Gasteiger partial charge in [-0.3, -0.25) is 4.79 Å². The van der Waals surface area contributed by atoms with Gasteiger partial charge in [-0.2, -0.15) is 0 Å². The summed E-state index contributed by atoms with van der Waals surface area (Å²) in [6, 6.07) is 0. The van der Waals surface area contributed by atoms with E-state index in [-0.39, 0.29) is 11.8 Å². The minimum Gasteiger partial charge on any atom is -0.345 e. The molecule has 1 amide bonds. The van der Waals surface area contributed by atoms with E-state index in [1.165, 1.54) is 0 Å². The number of nitrogens with two attached hydrogens (primary N) is 1. The number of likely N-dealkylation sites (N-methyl/N-ethyl adjacent to an activating group) is 1. The van der Waals surface area contributed by atoms with Crippen LogP contribution in [0.5, 0.6) is 0 Å². The molecule has 1 aliphatic rings. The van der Waals surface area contributed by atoms with Crippen molar-refractivity contribution in [1.82, 2.24) is 9.88 Å². The molecule has 2 N–H and O–H groups in total. The highest BCUT2D eigenvalue weighted by atomic mass is 32.1. The van der Waals surface area contributed by atoms with Gasteiger partial charge >= 0.3 is 0 Å². The van der Waals surface area contributed by atoms with E-state index in [4.69, 9.17) is 5.73 Å². The van der Waals surface area contributed by atoms with Crippen LogP contribution >= 0.6 is 11.3 Å². The number of aromatic nitrogens is 1. The average molecular weight is 211 g/mol. The molecule has 76 valence electrons. The van der Waals surface area contributed by atoms with Gasteiger partial charge in [0.1, 0.15) is 0 Å². The Morgan fingerprint density at radius 1 is 1.79 bits per heavy atom. The molecule has 0 bridgehead atoms. The Kier molecular flexibility index (Phi) is 2.52. The first-order valence-electron chi connectivity index (χ1n) is 4.59. The number of hydrogen-bond donors (Lipinski definition) is 1. The molecule has 1 aliphatic heterocycles. The maximum Gasteiger partial charge on any atom is 0.223 e. The van der Waals surface area contributed by atoms with Gasteiger partial charge in [0.2, 0.25) is 5.91 Å². The van der Waals surface area contributed by atoms with Crippen molar-refractivity contribution < 1.29 is 4.79 Å². The summed E-state index contributed by atoms with van der Waals surface area (Å²) in [5, 5.41) is 3.01. The Labute approximate surface area is 86.7 Å². The van der Waals surface area contributed by atoms with Gasteiger partial charge in [-0.25, -0.2) is 4.98 Å². The number of rotatable bonds is 2. The molecule has 0 spiro atoms. The van der Waals surface area contributed by atoms with Crippen LogP contribution in [0.25, 0.3) is 0 Å². The smallest absolute Gasteiger partial charge is 0.223 e. The highest BCUT2D eigenvalue weighted by Crippen LogP contribution is 2.29. The van der Waals surface area contributed by atoms with Gasteiger partial charge < -0.3 is 10.6 Å². The lowest BCUT2D eigenvalue weighted by atomic mass is 10.1. The van der Waals surface area contributed by atoms with E-state index >= 15 is 0 Å². The maximum absolute atomic E-state index is 11.3. The van der Waals surface area contributed by atoms with Crippen LogP contribution in [0.1, 0.15) is 23.0 Å². The predicted molar refractivity (Wildman–Crippen MR) is 55.0 cm³/mol. The van der Waals surface area contributed by atoms with E-state index < -0.39 is 0 Å². The molecular weight excluding hydrogens is 198 g/mol. The van der Waals surface area contributed by atoms with Crippen molar-refractivity contribution in [2.45, 2.75) is 18.9 Å². The summed E-state index contributed by atoms with van der Waals surface area (Å²) in [5.41, 5.74) is 6.41. The van der Waals surface area contributed by atoms with Crippen LogP contribution in [-0.4, -0.2) is 29.4 Å². The van der Waals surface area contributed by atoms with Crippen molar-refractivity contribution in [2.75, 3.05) is 13.6 Å². The summed E-state index contributed by atoms with van der Waals surface area (Å²) >= 11 is 1.61. The molecule has 1 aromatic heterocycles. The van der Waals surface area contributed by atoms with Gasteiger partial charge in [-0.1, -0.05) is 0 Å². The van der Waals surface area contributed by atoms with Crippen molar-refractivity contribution in [3.05, 3.63) is 16.1 Å². The van der Waals surface area contributed by atoms with Gasteiger partial charge in [-0.05, 0) is 0 Å². The number of carbonyl (C=O) groups is 1. The first kappa shape index (κ1) is 9.61. The van der Waals surface area contributed by atoms with E-state index in [1.807, 2.05) is 12.4 Å². The van der Waals surface area contributed by atoms with Crippen molar-refractivity contribution in [1.29, 1.82) is 0 Å². The van der Waals surface area contributed by atoms with Crippen LogP contribution < -0.4 is 5.73 Å². The fourth-order valence-corrected chi connectivity index (χ4v) is 2.56. The zero-order valence-electron chi connectivity index (χ0n) is 8.06. The van der Waals surface area contributed by atoms with Crippen LogP contribution in [0.3, 0.4) is 0 Å². The lowest BCUT2D eigenvalue weighted by Crippen LogP contribution is -2.18. The monoisotopic (exact) mass is 211 g/mol. The van der Waals surface area contributed by atoms with E-state index in [1.54, 1.807) is 16.2 Å². The van der Waals surface area contributed by atoms with Gasteiger partial charge in [0.05, 0.1) is 10.7 Å². The quantitative estimate of drug-likeness (QED) is 0.777. The molecular formula is C9H13N3OS. The molecule has 0 radical (unpaired) electrons. The number of thiazole rings is 1. The minimum atomic E-state index is 0.208. The zero-order valence-corrected chi connectivity index (χ0v) is 8.88. The summed E-state index contributed by atoms with van der Waals surface area (Å²) < 4.78 is 0. The summed E-state index contributed by atoms with van der Waals surface area (Å²) in [6.45, 7) is 1.27. The maximum atomic E-state index is 11.3. The Bertz CT molecular complexity index is 350. The lowest BCUT2D eigenvalue weighted by Gasteiger charge is -2.07. The molecule has 0 aliphatic carbocycles. The average Bonchev–Trinajstić information content (AvgIpc) is 2.74. The van der Waals surface area contributed by atoms with Crippen LogP contribution in [0.15, 0.2) is 5.38 Å². The number of hydrogen-bond acceptors (Lipinski definition) is 4. The Balaban J connectivity index is 2.13. The second-order valence-corrected chi connectivity index (χ2v) is 4.45. The molecule has 0 aromatic carbocycles. The van der Waals surface area contributed by atoms with Crippen LogP contribution in [-0.2, 0) is 11.3 Å². The molecule has 14 heavy (non-hydrogen) atoms. The van der Waals surface area contributed by atoms with Crippen LogP contribution in [0.2, 0.25) is 0 Å². The fourth-order valence-electron chi connectivity index (χ4n) is 1.63. The summed E-state index contributed by atoms with van der Waals surface area (Å²) in [4.78, 5) is 17.5. The molecule has 2 heterocycles. The molecule has 2 rings (SSSR count). The largest absolute Gasteiger partial charge is 0.345 e. The zero-order chi connectivity index (χ0) is 10.1. The number of nitrogens with zero attached hydrogens (tertiary/aromatic N) is 2. The molecule has 1 saturated heterocycles. The highest BCUT2D eigenvalue weighted by molar-refractivity contribution is 7.09. The molecule has 4 nitrogen and oxygen atoms in total. The third kappa shape index (κ3) is 1.65. The number of likely N-dealkylation sites (tertiary alicyclic amines) is 1. The third-order valence-electron chi connectivity index (χ3n) is 2.47. The Morgan fingerprint density at radius 2 is 2.57 bits per heavy atom. The molecule has 1 fully saturated rings. The molecule has 1 atom stereocenters. The van der Waals surface area contributed by atoms with Gasteiger partial charge in [0.15, 0.2) is 0 Å². The van der Waals surface area contributed by atoms with Gasteiger partial charge in [0, 0.05) is 37.9 Å². The number of amides is 1. The van der Waals surface area contributed by atoms with E-state index in [0.717, 1.165) is 17.2 Å². The Hall–Kier alpha value is -0.940. The van der Waals surface area contributed by atoms with Crippen molar-refractivity contribution in [3.8, 4) is 0 Å². The summed E-state index contributed by atoms with van der Waals surface area (Å²) in [5.74, 6) is 0.484. The van der Waals surface area contributed by atoms with E-state index in [0.29, 0.717) is 13.0 Å². The SMILES string of the molecule is CN1CC(c2nc(CN)cs2)CC1=O. The molecule has 5 heteroatoms. The second kappa shape index (κ2) is 3.67. The lowest BCUT2D eigenvalue weighted by molar-refractivity contribution is -0.126. The van der Waals surface area contributed by atoms with Crippen molar-refractivity contribution in [2.24, 2.45) is 5.73 Å². The second-order valence-electron chi connectivity index (χ2n) is 3.56. The summed E-state index contributed by atoms with van der Waals surface area (Å²) in [7, 11) is 1.83. The number of carbonyl (C=O) groups excluding carboxylic acids is 1. The van der Waals surface area contributed by atoms with E-state index in [9.17, 15) is 4.79 Å².